The molecule has 4 nitrogen and oxygen atoms in total. The Morgan fingerprint density at radius 3 is 2.28 bits per heavy atom. The fourth-order valence-corrected chi connectivity index (χ4v) is 2.97. The third kappa shape index (κ3) is 3.33. The van der Waals surface area contributed by atoms with E-state index in [1.54, 1.807) is 0 Å². The van der Waals surface area contributed by atoms with E-state index in [-0.39, 0.29) is 26.5 Å². The molecule has 0 atom stereocenters. The molecular formula is C16H7Cl4FN2O2. The van der Waals surface area contributed by atoms with Gasteiger partial charge < -0.3 is 5.32 Å². The van der Waals surface area contributed by atoms with Gasteiger partial charge in [0.15, 0.2) is 0 Å². The lowest BCUT2D eigenvalue weighted by Gasteiger charge is -2.17. The van der Waals surface area contributed by atoms with Crippen LogP contribution in [0.25, 0.3) is 0 Å². The predicted octanol–water partition coefficient (Wildman–Crippen LogP) is 5.22. The SMILES string of the molecule is O=C1C(Cl)=C(Nc2ccc(F)c(Cl)c2)C(=O)N1c1cc(Cl)ccc1Cl. The summed E-state index contributed by atoms with van der Waals surface area (Å²) in [5, 5.41) is 2.65. The second-order valence-electron chi connectivity index (χ2n) is 4.98. The second-order valence-corrected chi connectivity index (χ2v) is 6.61. The fourth-order valence-electron chi connectivity index (χ4n) is 2.21. The topological polar surface area (TPSA) is 49.4 Å². The van der Waals surface area contributed by atoms with Crippen LogP contribution in [0.3, 0.4) is 0 Å². The van der Waals surface area contributed by atoms with E-state index >= 15 is 0 Å². The van der Waals surface area contributed by atoms with Crippen LogP contribution in [0, 0.1) is 5.82 Å². The van der Waals surface area contributed by atoms with Crippen LogP contribution in [0.1, 0.15) is 0 Å². The van der Waals surface area contributed by atoms with Gasteiger partial charge in [-0.15, -0.1) is 0 Å². The number of halogens is 5. The van der Waals surface area contributed by atoms with E-state index in [0.29, 0.717) is 10.7 Å². The highest BCUT2D eigenvalue weighted by molar-refractivity contribution is 6.54. The van der Waals surface area contributed by atoms with Crippen LogP contribution in [0.2, 0.25) is 15.1 Å². The van der Waals surface area contributed by atoms with E-state index in [9.17, 15) is 14.0 Å². The first-order chi connectivity index (χ1) is 11.8. The van der Waals surface area contributed by atoms with Crippen molar-refractivity contribution in [3.63, 3.8) is 0 Å². The molecule has 3 rings (SSSR count). The van der Waals surface area contributed by atoms with Crippen molar-refractivity contribution >= 4 is 69.6 Å². The first kappa shape index (κ1) is 18.0. The Bertz CT molecular complexity index is 946. The second kappa shape index (κ2) is 6.84. The van der Waals surface area contributed by atoms with Gasteiger partial charge in [0.25, 0.3) is 11.8 Å². The molecule has 0 unspecified atom stereocenters. The van der Waals surface area contributed by atoms with E-state index in [0.717, 1.165) is 11.0 Å². The molecular weight excluding hydrogens is 413 g/mol. The lowest BCUT2D eigenvalue weighted by molar-refractivity contribution is -0.120. The Hall–Kier alpha value is -1.79. The maximum absolute atomic E-state index is 13.2. The van der Waals surface area contributed by atoms with E-state index in [1.165, 1.54) is 30.3 Å². The molecule has 0 aromatic heterocycles. The predicted molar refractivity (Wildman–Crippen MR) is 96.9 cm³/mol. The minimum atomic E-state index is -0.758. The third-order valence-electron chi connectivity index (χ3n) is 3.37. The molecule has 0 bridgehead atoms. The molecule has 1 heterocycles. The van der Waals surface area contributed by atoms with Crippen molar-refractivity contribution in [1.29, 1.82) is 0 Å². The number of nitrogens with one attached hydrogen (secondary N) is 1. The monoisotopic (exact) mass is 418 g/mol. The highest BCUT2D eigenvalue weighted by atomic mass is 35.5. The summed E-state index contributed by atoms with van der Waals surface area (Å²) in [7, 11) is 0. The maximum Gasteiger partial charge on any atom is 0.283 e. The highest BCUT2D eigenvalue weighted by Gasteiger charge is 2.40. The van der Waals surface area contributed by atoms with Crippen molar-refractivity contribution in [3.05, 3.63) is 68.0 Å². The standard InChI is InChI=1S/C16H7Cl4FN2O2/c17-7-1-3-9(18)12(5-7)23-15(24)13(20)14(16(23)25)22-8-2-4-11(21)10(19)6-8/h1-6,22H. The van der Waals surface area contributed by atoms with Crippen molar-refractivity contribution in [2.45, 2.75) is 0 Å². The van der Waals surface area contributed by atoms with Gasteiger partial charge in [0.1, 0.15) is 16.5 Å². The number of hydrogen-bond donors (Lipinski definition) is 1. The molecule has 0 saturated carbocycles. The third-order valence-corrected chi connectivity index (χ3v) is 4.56. The van der Waals surface area contributed by atoms with Gasteiger partial charge in [-0.2, -0.15) is 0 Å². The van der Waals surface area contributed by atoms with Crippen molar-refractivity contribution in [1.82, 2.24) is 0 Å². The molecule has 0 radical (unpaired) electrons. The van der Waals surface area contributed by atoms with Crippen LogP contribution in [0.15, 0.2) is 47.1 Å². The molecule has 2 aromatic carbocycles. The lowest BCUT2D eigenvalue weighted by atomic mass is 10.2. The van der Waals surface area contributed by atoms with Crippen LogP contribution < -0.4 is 10.2 Å². The Balaban J connectivity index is 1.96. The summed E-state index contributed by atoms with van der Waals surface area (Å²) in [5.41, 5.74) is 0.223. The van der Waals surface area contributed by atoms with Gasteiger partial charge in [-0.3, -0.25) is 9.59 Å². The first-order valence-electron chi connectivity index (χ1n) is 6.75. The number of imide groups is 1. The summed E-state index contributed by atoms with van der Waals surface area (Å²) in [6.07, 6.45) is 0. The molecule has 1 aliphatic rings. The average molecular weight is 420 g/mol. The van der Waals surface area contributed by atoms with Crippen LogP contribution in [0.4, 0.5) is 15.8 Å². The molecule has 0 aliphatic carbocycles. The van der Waals surface area contributed by atoms with Gasteiger partial charge in [0.2, 0.25) is 0 Å². The molecule has 9 heteroatoms. The molecule has 2 aromatic rings. The molecule has 1 aliphatic heterocycles. The van der Waals surface area contributed by atoms with Crippen molar-refractivity contribution in [2.75, 3.05) is 10.2 Å². The zero-order chi connectivity index (χ0) is 18.3. The summed E-state index contributed by atoms with van der Waals surface area (Å²) in [4.78, 5) is 25.8. The summed E-state index contributed by atoms with van der Waals surface area (Å²) >= 11 is 23.7. The van der Waals surface area contributed by atoms with E-state index in [1.807, 2.05) is 0 Å². The van der Waals surface area contributed by atoms with Crippen LogP contribution >= 0.6 is 46.4 Å². The number of rotatable bonds is 3. The number of anilines is 2. The van der Waals surface area contributed by atoms with Crippen molar-refractivity contribution in [2.24, 2.45) is 0 Å². The quantitative estimate of drug-likeness (QED) is 0.693. The summed E-state index contributed by atoms with van der Waals surface area (Å²) < 4.78 is 13.2. The summed E-state index contributed by atoms with van der Waals surface area (Å²) in [6, 6.07) is 8.09. The number of hydrogen-bond acceptors (Lipinski definition) is 3. The summed E-state index contributed by atoms with van der Waals surface area (Å²) in [5.74, 6) is -2.10. The van der Waals surface area contributed by atoms with Crippen molar-refractivity contribution in [3.8, 4) is 0 Å². The van der Waals surface area contributed by atoms with Gasteiger partial charge in [-0.25, -0.2) is 9.29 Å². The van der Waals surface area contributed by atoms with Gasteiger partial charge in [-0.05, 0) is 36.4 Å². The molecule has 25 heavy (non-hydrogen) atoms. The zero-order valence-electron chi connectivity index (χ0n) is 12.1. The molecule has 0 spiro atoms. The molecule has 128 valence electrons. The number of benzene rings is 2. The van der Waals surface area contributed by atoms with Crippen LogP contribution in [-0.2, 0) is 9.59 Å². The van der Waals surface area contributed by atoms with E-state index < -0.39 is 17.6 Å². The number of carbonyl (C=O) groups is 2. The Labute approximate surface area is 161 Å². The lowest BCUT2D eigenvalue weighted by Crippen LogP contribution is -2.32. The number of carbonyl (C=O) groups excluding carboxylic acids is 2. The Morgan fingerprint density at radius 2 is 1.60 bits per heavy atom. The largest absolute Gasteiger partial charge is 0.350 e. The van der Waals surface area contributed by atoms with Crippen LogP contribution in [0.5, 0.6) is 0 Å². The maximum atomic E-state index is 13.2. The van der Waals surface area contributed by atoms with Gasteiger partial charge >= 0.3 is 0 Å². The fraction of sp³-hybridized carbons (Fsp3) is 0. The van der Waals surface area contributed by atoms with Crippen molar-refractivity contribution < 1.29 is 14.0 Å². The average Bonchev–Trinajstić information content (AvgIpc) is 2.77. The normalized spacial score (nSPS) is 14.5. The van der Waals surface area contributed by atoms with E-state index in [4.69, 9.17) is 46.4 Å². The van der Waals surface area contributed by atoms with Gasteiger partial charge in [-0.1, -0.05) is 46.4 Å². The summed E-state index contributed by atoms with van der Waals surface area (Å²) in [6.45, 7) is 0. The Kier molecular flexibility index (Phi) is 4.93. The molecule has 0 saturated heterocycles. The highest BCUT2D eigenvalue weighted by Crippen LogP contribution is 2.36. The van der Waals surface area contributed by atoms with E-state index in [2.05, 4.69) is 5.32 Å². The minimum Gasteiger partial charge on any atom is -0.350 e. The van der Waals surface area contributed by atoms with Gasteiger partial charge in [0.05, 0.1) is 15.7 Å². The zero-order valence-corrected chi connectivity index (χ0v) is 15.1. The first-order valence-corrected chi connectivity index (χ1v) is 8.26. The number of nitrogens with zero attached hydrogens (tertiary/aromatic N) is 1. The molecule has 1 N–H and O–H groups in total. The Morgan fingerprint density at radius 1 is 0.880 bits per heavy atom. The smallest absolute Gasteiger partial charge is 0.283 e. The molecule has 2 amide bonds. The number of amides is 2. The van der Waals surface area contributed by atoms with Crippen LogP contribution in [-0.4, -0.2) is 11.8 Å². The minimum absolute atomic E-state index is 0.108. The van der Waals surface area contributed by atoms with Gasteiger partial charge in [0, 0.05) is 10.7 Å². The molecule has 0 fully saturated rings.